The number of halogens is 1. The smallest absolute Gasteiger partial charge is 0.0484 e. The van der Waals surface area contributed by atoms with Crippen LogP contribution in [0.5, 0.6) is 0 Å². The van der Waals surface area contributed by atoms with Gasteiger partial charge in [0.25, 0.3) is 0 Å². The molecule has 0 spiro atoms. The Hall–Kier alpha value is -0.990. The number of aryl methyl sites for hydroxylation is 1. The molecule has 0 unspecified atom stereocenters. The number of hydrogen-bond donors (Lipinski definition) is 1. The highest BCUT2D eigenvalue weighted by Crippen LogP contribution is 2.27. The molecule has 0 radical (unpaired) electrons. The summed E-state index contributed by atoms with van der Waals surface area (Å²) < 4.78 is 2.15. The third-order valence-electron chi connectivity index (χ3n) is 2.79. The fourth-order valence-electron chi connectivity index (χ4n) is 1.88. The van der Waals surface area contributed by atoms with Crippen LogP contribution in [0, 0.1) is 6.92 Å². The molecule has 3 heteroatoms. The molecule has 1 heterocycles. The Balaban J connectivity index is 2.89. The van der Waals surface area contributed by atoms with Crippen molar-refractivity contribution in [1.82, 2.24) is 4.57 Å². The van der Waals surface area contributed by atoms with Crippen LogP contribution in [-0.2, 0) is 13.6 Å². The second kappa shape index (κ2) is 3.30. The summed E-state index contributed by atoms with van der Waals surface area (Å²) in [7, 11) is 2.05. The first-order valence-electron chi connectivity index (χ1n) is 4.58. The Bertz CT molecular complexity index is 485. The fourth-order valence-corrected chi connectivity index (χ4v) is 2.05. The Kier molecular flexibility index (Phi) is 2.25. The number of fused-ring (bicyclic) bond motifs is 1. The Morgan fingerprint density at radius 3 is 2.79 bits per heavy atom. The number of nitrogens with zero attached hydrogens (tertiary/aromatic N) is 1. The lowest BCUT2D eigenvalue weighted by atomic mass is 10.1. The molecular formula is C11H13ClN2. The van der Waals surface area contributed by atoms with Crippen LogP contribution in [0.3, 0.4) is 0 Å². The molecule has 74 valence electrons. The molecule has 0 atom stereocenters. The lowest BCUT2D eigenvalue weighted by molar-refractivity contribution is 0.894. The van der Waals surface area contributed by atoms with Crippen molar-refractivity contribution in [1.29, 1.82) is 0 Å². The molecule has 2 N–H and O–H groups in total. The van der Waals surface area contributed by atoms with Crippen LogP contribution in [-0.4, -0.2) is 4.57 Å². The van der Waals surface area contributed by atoms with Gasteiger partial charge in [-0.15, -0.1) is 0 Å². The molecule has 0 fully saturated rings. The van der Waals surface area contributed by atoms with Crippen LogP contribution in [0.1, 0.15) is 11.3 Å². The molecule has 2 nitrogen and oxygen atoms in total. The van der Waals surface area contributed by atoms with Gasteiger partial charge >= 0.3 is 0 Å². The van der Waals surface area contributed by atoms with Crippen molar-refractivity contribution in [3.8, 4) is 0 Å². The lowest BCUT2D eigenvalue weighted by Gasteiger charge is -1.98. The monoisotopic (exact) mass is 208 g/mol. The van der Waals surface area contributed by atoms with Gasteiger partial charge in [0.2, 0.25) is 0 Å². The number of hydrogen-bond acceptors (Lipinski definition) is 1. The SMILES string of the molecule is Cc1c(CN)c2cc(Cl)ccc2n1C. The van der Waals surface area contributed by atoms with Crippen LogP contribution in [0.15, 0.2) is 18.2 Å². The second-order valence-corrected chi connectivity index (χ2v) is 3.93. The van der Waals surface area contributed by atoms with Gasteiger partial charge in [-0.05, 0) is 30.7 Å². The van der Waals surface area contributed by atoms with Gasteiger partial charge < -0.3 is 10.3 Å². The zero-order valence-electron chi connectivity index (χ0n) is 8.34. The summed E-state index contributed by atoms with van der Waals surface area (Å²) in [5.41, 5.74) is 9.31. The second-order valence-electron chi connectivity index (χ2n) is 3.49. The van der Waals surface area contributed by atoms with Gasteiger partial charge in [0.1, 0.15) is 0 Å². The third-order valence-corrected chi connectivity index (χ3v) is 3.02. The number of rotatable bonds is 1. The van der Waals surface area contributed by atoms with E-state index in [4.69, 9.17) is 17.3 Å². The minimum atomic E-state index is 0.559. The first-order chi connectivity index (χ1) is 6.65. The standard InChI is InChI=1S/C11H13ClN2/c1-7-10(6-13)9-5-8(12)3-4-11(9)14(7)2/h3-5H,6,13H2,1-2H3. The van der Waals surface area contributed by atoms with E-state index in [0.29, 0.717) is 6.54 Å². The van der Waals surface area contributed by atoms with Crippen molar-refractivity contribution in [3.63, 3.8) is 0 Å². The van der Waals surface area contributed by atoms with Crippen LogP contribution in [0.4, 0.5) is 0 Å². The largest absolute Gasteiger partial charge is 0.348 e. The summed E-state index contributed by atoms with van der Waals surface area (Å²) in [6.45, 7) is 2.64. The maximum Gasteiger partial charge on any atom is 0.0484 e. The first kappa shape index (κ1) is 9.56. The molecule has 0 aliphatic rings. The highest BCUT2D eigenvalue weighted by atomic mass is 35.5. The van der Waals surface area contributed by atoms with E-state index in [1.54, 1.807) is 0 Å². The van der Waals surface area contributed by atoms with E-state index in [1.165, 1.54) is 22.2 Å². The molecule has 0 amide bonds. The van der Waals surface area contributed by atoms with Gasteiger partial charge in [0, 0.05) is 35.2 Å². The van der Waals surface area contributed by atoms with Gasteiger partial charge in [-0.1, -0.05) is 11.6 Å². The van der Waals surface area contributed by atoms with Gasteiger partial charge in [0.05, 0.1) is 0 Å². The van der Waals surface area contributed by atoms with E-state index in [1.807, 2.05) is 25.2 Å². The molecule has 0 saturated heterocycles. The minimum Gasteiger partial charge on any atom is -0.348 e. The average molecular weight is 209 g/mol. The highest BCUT2D eigenvalue weighted by Gasteiger charge is 2.10. The zero-order valence-corrected chi connectivity index (χ0v) is 9.10. The molecule has 2 aromatic rings. The Labute approximate surface area is 88.3 Å². The average Bonchev–Trinajstić information content (AvgIpc) is 2.39. The summed E-state index contributed by atoms with van der Waals surface area (Å²) in [6, 6.07) is 5.92. The first-order valence-corrected chi connectivity index (χ1v) is 4.96. The maximum atomic E-state index is 5.96. The lowest BCUT2D eigenvalue weighted by Crippen LogP contribution is -1.98. The maximum absolute atomic E-state index is 5.96. The van der Waals surface area contributed by atoms with Gasteiger partial charge in [-0.3, -0.25) is 0 Å². The highest BCUT2D eigenvalue weighted by molar-refractivity contribution is 6.31. The van der Waals surface area contributed by atoms with Crippen molar-refractivity contribution < 1.29 is 0 Å². The van der Waals surface area contributed by atoms with Crippen molar-refractivity contribution in [3.05, 3.63) is 34.5 Å². The van der Waals surface area contributed by atoms with Crippen LogP contribution in [0.2, 0.25) is 5.02 Å². The predicted molar refractivity (Wildman–Crippen MR) is 60.6 cm³/mol. The summed E-state index contributed by atoms with van der Waals surface area (Å²) in [5, 5.41) is 1.93. The minimum absolute atomic E-state index is 0.559. The molecule has 1 aromatic carbocycles. The van der Waals surface area contributed by atoms with Crippen LogP contribution < -0.4 is 5.73 Å². The van der Waals surface area contributed by atoms with Crippen molar-refractivity contribution in [2.24, 2.45) is 12.8 Å². The van der Waals surface area contributed by atoms with E-state index in [2.05, 4.69) is 11.5 Å². The predicted octanol–water partition coefficient (Wildman–Crippen LogP) is 2.60. The van der Waals surface area contributed by atoms with E-state index in [0.717, 1.165) is 5.02 Å². The summed E-state index contributed by atoms with van der Waals surface area (Å²) in [4.78, 5) is 0. The van der Waals surface area contributed by atoms with Gasteiger partial charge in [-0.2, -0.15) is 0 Å². The molecule has 0 aliphatic carbocycles. The molecule has 1 aromatic heterocycles. The van der Waals surface area contributed by atoms with E-state index in [9.17, 15) is 0 Å². The van der Waals surface area contributed by atoms with E-state index in [-0.39, 0.29) is 0 Å². The van der Waals surface area contributed by atoms with Crippen molar-refractivity contribution in [2.45, 2.75) is 13.5 Å². The van der Waals surface area contributed by atoms with E-state index < -0.39 is 0 Å². The van der Waals surface area contributed by atoms with Crippen molar-refractivity contribution >= 4 is 22.5 Å². The summed E-state index contributed by atoms with van der Waals surface area (Å²) in [6.07, 6.45) is 0. The van der Waals surface area contributed by atoms with E-state index >= 15 is 0 Å². The van der Waals surface area contributed by atoms with Gasteiger partial charge in [0.15, 0.2) is 0 Å². The van der Waals surface area contributed by atoms with Crippen molar-refractivity contribution in [2.75, 3.05) is 0 Å². The molecule has 0 saturated carbocycles. The van der Waals surface area contributed by atoms with Crippen LogP contribution >= 0.6 is 11.6 Å². The molecule has 0 bridgehead atoms. The fraction of sp³-hybridized carbons (Fsp3) is 0.273. The van der Waals surface area contributed by atoms with Gasteiger partial charge in [-0.25, -0.2) is 0 Å². The zero-order chi connectivity index (χ0) is 10.3. The third kappa shape index (κ3) is 1.22. The topological polar surface area (TPSA) is 30.9 Å². The normalized spacial score (nSPS) is 11.1. The number of aromatic nitrogens is 1. The molecule has 14 heavy (non-hydrogen) atoms. The summed E-state index contributed by atoms with van der Waals surface area (Å²) >= 11 is 5.96. The molecule has 0 aliphatic heterocycles. The van der Waals surface area contributed by atoms with Crippen LogP contribution in [0.25, 0.3) is 10.9 Å². The summed E-state index contributed by atoms with van der Waals surface area (Å²) in [5.74, 6) is 0. The quantitative estimate of drug-likeness (QED) is 0.768. The number of nitrogens with two attached hydrogens (primary N) is 1. The Morgan fingerprint density at radius 2 is 2.14 bits per heavy atom. The Morgan fingerprint density at radius 1 is 1.43 bits per heavy atom. The number of benzene rings is 1. The molecular weight excluding hydrogens is 196 g/mol. The molecule has 2 rings (SSSR count).